The van der Waals surface area contributed by atoms with Gasteiger partial charge in [0.1, 0.15) is 5.82 Å². The van der Waals surface area contributed by atoms with E-state index >= 15 is 0 Å². The van der Waals surface area contributed by atoms with Gasteiger partial charge in [0.05, 0.1) is 0 Å². The molecule has 0 aliphatic carbocycles. The van der Waals surface area contributed by atoms with E-state index in [1.807, 2.05) is 25.1 Å². The van der Waals surface area contributed by atoms with Gasteiger partial charge in [0.2, 0.25) is 0 Å². The van der Waals surface area contributed by atoms with E-state index < -0.39 is 0 Å². The van der Waals surface area contributed by atoms with E-state index in [-0.39, 0.29) is 0 Å². The molecular formula is C22H23N5. The number of aryl methyl sites for hydroxylation is 3. The zero-order valence-corrected chi connectivity index (χ0v) is 15.9. The van der Waals surface area contributed by atoms with Crippen LogP contribution in [0.3, 0.4) is 0 Å². The van der Waals surface area contributed by atoms with Crippen LogP contribution in [0.25, 0.3) is 17.2 Å². The van der Waals surface area contributed by atoms with Crippen molar-refractivity contribution in [2.75, 3.05) is 11.9 Å². The van der Waals surface area contributed by atoms with Crippen molar-refractivity contribution in [3.63, 3.8) is 0 Å². The van der Waals surface area contributed by atoms with E-state index in [4.69, 9.17) is 0 Å². The van der Waals surface area contributed by atoms with Crippen LogP contribution in [-0.2, 0) is 6.42 Å². The molecule has 2 aromatic heterocycles. The molecule has 0 radical (unpaired) electrons. The van der Waals surface area contributed by atoms with Crippen LogP contribution in [0.15, 0.2) is 54.6 Å². The number of hydrogen-bond donors (Lipinski definition) is 1. The minimum absolute atomic E-state index is 0.614. The highest BCUT2D eigenvalue weighted by molar-refractivity contribution is 5.59. The Bertz CT molecular complexity index is 1060. The molecule has 0 bridgehead atoms. The maximum absolute atomic E-state index is 4.67. The number of nitrogens with one attached hydrogen (secondary N) is 1. The average Bonchev–Trinajstić information content (AvgIpc) is 3.08. The summed E-state index contributed by atoms with van der Waals surface area (Å²) in [6.07, 6.45) is 0.947. The van der Waals surface area contributed by atoms with Crippen molar-refractivity contribution in [1.29, 1.82) is 0 Å². The van der Waals surface area contributed by atoms with Gasteiger partial charge in [-0.05, 0) is 32.8 Å². The number of aromatic nitrogens is 4. The molecule has 5 heteroatoms. The summed E-state index contributed by atoms with van der Waals surface area (Å²) in [5.41, 5.74) is 5.73. The topological polar surface area (TPSA) is 55.1 Å². The summed E-state index contributed by atoms with van der Waals surface area (Å²) < 4.78 is 1.79. The Balaban J connectivity index is 1.58. The molecule has 0 amide bonds. The lowest BCUT2D eigenvalue weighted by molar-refractivity contribution is 0.908. The third-order valence-corrected chi connectivity index (χ3v) is 4.59. The first kappa shape index (κ1) is 17.2. The van der Waals surface area contributed by atoms with E-state index in [2.05, 4.69) is 70.6 Å². The largest absolute Gasteiger partial charge is 0.370 e. The van der Waals surface area contributed by atoms with E-state index in [0.29, 0.717) is 11.6 Å². The molecule has 4 rings (SSSR count). The average molecular weight is 357 g/mol. The summed E-state index contributed by atoms with van der Waals surface area (Å²) in [6.45, 7) is 6.98. The molecule has 2 aromatic carbocycles. The van der Waals surface area contributed by atoms with Crippen molar-refractivity contribution in [2.24, 2.45) is 0 Å². The minimum Gasteiger partial charge on any atom is -0.370 e. The standard InChI is InChI=1S/C22H23N5/c1-15-4-8-18(9-5-15)12-13-23-20-14-17(3)24-22-25-21(26-27(20)22)19-10-6-16(2)7-11-19/h4-11,14,23H,12-13H2,1-3H3. The Kier molecular flexibility index (Phi) is 4.59. The number of fused-ring (bicyclic) bond motifs is 1. The lowest BCUT2D eigenvalue weighted by Crippen LogP contribution is -2.10. The van der Waals surface area contributed by atoms with Crippen LogP contribution >= 0.6 is 0 Å². The third kappa shape index (κ3) is 3.82. The summed E-state index contributed by atoms with van der Waals surface area (Å²) in [5.74, 6) is 2.22. The lowest BCUT2D eigenvalue weighted by Gasteiger charge is -2.09. The predicted molar refractivity (Wildman–Crippen MR) is 109 cm³/mol. The van der Waals surface area contributed by atoms with Gasteiger partial charge < -0.3 is 5.32 Å². The van der Waals surface area contributed by atoms with Gasteiger partial charge in [0.15, 0.2) is 5.82 Å². The predicted octanol–water partition coefficient (Wildman–Crippen LogP) is 4.37. The Morgan fingerprint density at radius 2 is 1.52 bits per heavy atom. The zero-order valence-electron chi connectivity index (χ0n) is 15.9. The van der Waals surface area contributed by atoms with Crippen LogP contribution in [0, 0.1) is 20.8 Å². The number of anilines is 1. The number of hydrogen-bond acceptors (Lipinski definition) is 4. The molecule has 5 nitrogen and oxygen atoms in total. The summed E-state index contributed by atoms with van der Waals surface area (Å²) in [5, 5.41) is 8.16. The van der Waals surface area contributed by atoms with Crippen LogP contribution in [0.4, 0.5) is 5.82 Å². The maximum Gasteiger partial charge on any atom is 0.254 e. The minimum atomic E-state index is 0.614. The Labute approximate surface area is 159 Å². The molecule has 0 fully saturated rings. The molecule has 27 heavy (non-hydrogen) atoms. The highest BCUT2D eigenvalue weighted by Crippen LogP contribution is 2.19. The Morgan fingerprint density at radius 1 is 0.852 bits per heavy atom. The fourth-order valence-corrected chi connectivity index (χ4v) is 3.03. The first-order valence-electron chi connectivity index (χ1n) is 9.19. The first-order chi connectivity index (χ1) is 13.1. The number of benzene rings is 2. The van der Waals surface area contributed by atoms with Gasteiger partial charge in [-0.3, -0.25) is 0 Å². The molecule has 0 unspecified atom stereocenters. The molecule has 2 heterocycles. The van der Waals surface area contributed by atoms with Crippen molar-refractivity contribution in [2.45, 2.75) is 27.2 Å². The Hall–Kier alpha value is -3.21. The van der Waals surface area contributed by atoms with Crippen LogP contribution in [0.2, 0.25) is 0 Å². The maximum atomic E-state index is 4.67. The second-order valence-corrected chi connectivity index (χ2v) is 6.96. The van der Waals surface area contributed by atoms with Gasteiger partial charge >= 0.3 is 0 Å². The van der Waals surface area contributed by atoms with Crippen molar-refractivity contribution in [3.8, 4) is 11.4 Å². The fraction of sp³-hybridized carbons (Fsp3) is 0.227. The SMILES string of the molecule is Cc1ccc(CCNc2cc(C)nc3nc(-c4ccc(C)cc4)nn23)cc1. The zero-order chi connectivity index (χ0) is 18.8. The van der Waals surface area contributed by atoms with Gasteiger partial charge in [0, 0.05) is 23.9 Å². The van der Waals surface area contributed by atoms with Gasteiger partial charge in [-0.15, -0.1) is 5.10 Å². The van der Waals surface area contributed by atoms with E-state index in [1.165, 1.54) is 16.7 Å². The van der Waals surface area contributed by atoms with Crippen molar-refractivity contribution < 1.29 is 0 Å². The van der Waals surface area contributed by atoms with Gasteiger partial charge in [-0.1, -0.05) is 59.7 Å². The summed E-state index contributed by atoms with van der Waals surface area (Å²) in [7, 11) is 0. The third-order valence-electron chi connectivity index (χ3n) is 4.59. The molecule has 0 saturated heterocycles. The summed E-state index contributed by atoms with van der Waals surface area (Å²) >= 11 is 0. The van der Waals surface area contributed by atoms with E-state index in [9.17, 15) is 0 Å². The fourth-order valence-electron chi connectivity index (χ4n) is 3.03. The molecule has 136 valence electrons. The Morgan fingerprint density at radius 3 is 2.22 bits per heavy atom. The van der Waals surface area contributed by atoms with Gasteiger partial charge in [-0.2, -0.15) is 9.50 Å². The quantitative estimate of drug-likeness (QED) is 0.576. The molecule has 1 N–H and O–H groups in total. The lowest BCUT2D eigenvalue weighted by atomic mass is 10.1. The van der Waals surface area contributed by atoms with Crippen LogP contribution in [-0.4, -0.2) is 26.1 Å². The molecular weight excluding hydrogens is 334 g/mol. The number of rotatable bonds is 5. The van der Waals surface area contributed by atoms with Crippen LogP contribution < -0.4 is 5.32 Å². The first-order valence-corrected chi connectivity index (χ1v) is 9.19. The second kappa shape index (κ2) is 7.19. The second-order valence-electron chi connectivity index (χ2n) is 6.96. The van der Waals surface area contributed by atoms with Gasteiger partial charge in [-0.25, -0.2) is 4.98 Å². The van der Waals surface area contributed by atoms with Crippen molar-refractivity contribution >= 4 is 11.6 Å². The molecule has 0 saturated carbocycles. The molecule has 0 spiro atoms. The van der Waals surface area contributed by atoms with Crippen LogP contribution in [0.5, 0.6) is 0 Å². The molecule has 0 aliphatic heterocycles. The smallest absolute Gasteiger partial charge is 0.254 e. The van der Waals surface area contributed by atoms with Gasteiger partial charge in [0.25, 0.3) is 5.78 Å². The molecule has 0 aliphatic rings. The molecule has 4 aromatic rings. The van der Waals surface area contributed by atoms with E-state index in [1.54, 1.807) is 4.52 Å². The highest BCUT2D eigenvalue weighted by Gasteiger charge is 2.11. The normalized spacial score (nSPS) is 11.1. The number of nitrogens with zero attached hydrogens (tertiary/aromatic N) is 4. The molecule has 0 atom stereocenters. The van der Waals surface area contributed by atoms with E-state index in [0.717, 1.165) is 30.0 Å². The summed E-state index contributed by atoms with van der Waals surface area (Å²) in [6, 6.07) is 18.9. The van der Waals surface area contributed by atoms with Crippen LogP contribution in [0.1, 0.15) is 22.4 Å². The summed E-state index contributed by atoms with van der Waals surface area (Å²) in [4.78, 5) is 9.14. The van der Waals surface area contributed by atoms with Crippen molar-refractivity contribution in [1.82, 2.24) is 19.6 Å². The monoisotopic (exact) mass is 357 g/mol. The van der Waals surface area contributed by atoms with Crippen molar-refractivity contribution in [3.05, 3.63) is 77.0 Å². The highest BCUT2D eigenvalue weighted by atomic mass is 15.4.